The van der Waals surface area contributed by atoms with Crippen LogP contribution in [0.5, 0.6) is 0 Å². The van der Waals surface area contributed by atoms with Gasteiger partial charge in [-0.15, -0.1) is 0 Å². The molecule has 15 heavy (non-hydrogen) atoms. The molecule has 0 spiro atoms. The Bertz CT molecular complexity index is 229. The smallest absolute Gasteiger partial charge is 0.213 e. The molecule has 0 N–H and O–H groups in total. The quantitative estimate of drug-likeness (QED) is 0.432. The van der Waals surface area contributed by atoms with Crippen LogP contribution in [0.3, 0.4) is 0 Å². The average Bonchev–Trinajstić information content (AvgIpc) is 2.24. The lowest BCUT2D eigenvalue weighted by Crippen LogP contribution is -1.92. The number of rotatable bonds is 8. The van der Waals surface area contributed by atoms with Crippen molar-refractivity contribution in [2.24, 2.45) is 0 Å². The first-order valence-electron chi connectivity index (χ1n) is 5.78. The molecule has 0 bridgehead atoms. The summed E-state index contributed by atoms with van der Waals surface area (Å²) in [5, 5.41) is 0. The third-order valence-electron chi connectivity index (χ3n) is 2.11. The van der Waals surface area contributed by atoms with Gasteiger partial charge >= 0.3 is 0 Å². The van der Waals surface area contributed by atoms with Crippen molar-refractivity contribution in [3.05, 3.63) is 24.1 Å². The van der Waals surface area contributed by atoms with Gasteiger partial charge in [0, 0.05) is 0 Å². The molecule has 0 unspecified atom stereocenters. The van der Waals surface area contributed by atoms with Gasteiger partial charge in [-0.25, -0.2) is 4.39 Å². The van der Waals surface area contributed by atoms with Crippen LogP contribution in [0.1, 0.15) is 52.4 Å². The highest BCUT2D eigenvalue weighted by atomic mass is 19.1. The maximum Gasteiger partial charge on any atom is 0.213 e. The summed E-state index contributed by atoms with van der Waals surface area (Å²) < 4.78 is 13.1. The molecule has 0 aliphatic rings. The van der Waals surface area contributed by atoms with E-state index < -0.39 is 11.6 Å². The second kappa shape index (κ2) is 9.63. The van der Waals surface area contributed by atoms with Gasteiger partial charge in [-0.2, -0.15) is 0 Å². The molecule has 0 heterocycles. The van der Waals surface area contributed by atoms with E-state index in [1.54, 1.807) is 6.08 Å². The fourth-order valence-corrected chi connectivity index (χ4v) is 1.13. The van der Waals surface area contributed by atoms with E-state index in [4.69, 9.17) is 0 Å². The lowest BCUT2D eigenvalue weighted by atomic mass is 10.2. The van der Waals surface area contributed by atoms with Crippen molar-refractivity contribution >= 4 is 5.78 Å². The highest BCUT2D eigenvalue weighted by Crippen LogP contribution is 2.05. The van der Waals surface area contributed by atoms with Crippen LogP contribution in [0.2, 0.25) is 0 Å². The van der Waals surface area contributed by atoms with Crippen LogP contribution in [0.25, 0.3) is 0 Å². The summed E-state index contributed by atoms with van der Waals surface area (Å²) in [4.78, 5) is 11.2. The van der Waals surface area contributed by atoms with Crippen molar-refractivity contribution in [3.63, 3.8) is 0 Å². The van der Waals surface area contributed by atoms with Gasteiger partial charge in [0.15, 0.2) is 5.83 Å². The molecule has 0 aliphatic carbocycles. The molecule has 0 radical (unpaired) electrons. The predicted octanol–water partition coefficient (Wildman–Crippen LogP) is 4.35. The second-order valence-electron chi connectivity index (χ2n) is 3.60. The molecule has 0 aromatic carbocycles. The van der Waals surface area contributed by atoms with Crippen LogP contribution < -0.4 is 0 Å². The van der Waals surface area contributed by atoms with E-state index in [1.807, 2.05) is 6.92 Å². The average molecular weight is 212 g/mol. The number of ketones is 1. The highest BCUT2D eigenvalue weighted by molar-refractivity contribution is 6.02. The van der Waals surface area contributed by atoms with Crippen molar-refractivity contribution in [2.45, 2.75) is 52.4 Å². The number of halogens is 1. The third-order valence-corrected chi connectivity index (χ3v) is 2.11. The highest BCUT2D eigenvalue weighted by Gasteiger charge is 2.02. The second-order valence-corrected chi connectivity index (χ2v) is 3.60. The maximum absolute atomic E-state index is 13.1. The minimum Gasteiger partial charge on any atom is -0.287 e. The van der Waals surface area contributed by atoms with Crippen LogP contribution in [-0.2, 0) is 4.79 Å². The monoisotopic (exact) mass is 212 g/mol. The minimum atomic E-state index is -0.615. The van der Waals surface area contributed by atoms with E-state index in [2.05, 4.69) is 6.92 Å². The zero-order chi connectivity index (χ0) is 11.5. The van der Waals surface area contributed by atoms with Gasteiger partial charge < -0.3 is 0 Å². The lowest BCUT2D eigenvalue weighted by Gasteiger charge is -1.92. The Labute approximate surface area is 92.1 Å². The molecule has 0 fully saturated rings. The van der Waals surface area contributed by atoms with E-state index in [1.165, 1.54) is 12.2 Å². The maximum atomic E-state index is 13.1. The summed E-state index contributed by atoms with van der Waals surface area (Å²) in [7, 11) is 0. The standard InChI is InChI=1S/C13H21FO/c1-3-5-7-9-11-13(15)12(14)10-8-6-4-2/h9-11H,3-8H2,1-2H3/b11-9+,12-10?. The molecule has 2 heteroatoms. The van der Waals surface area contributed by atoms with E-state index in [0.29, 0.717) is 6.42 Å². The van der Waals surface area contributed by atoms with Gasteiger partial charge in [-0.3, -0.25) is 4.79 Å². The summed E-state index contributed by atoms with van der Waals surface area (Å²) in [5.41, 5.74) is 0. The topological polar surface area (TPSA) is 17.1 Å². The van der Waals surface area contributed by atoms with Crippen molar-refractivity contribution < 1.29 is 9.18 Å². The van der Waals surface area contributed by atoms with Gasteiger partial charge in [0.05, 0.1) is 0 Å². The molecular formula is C13H21FO. The predicted molar refractivity (Wildman–Crippen MR) is 62.4 cm³/mol. The number of unbranched alkanes of at least 4 members (excludes halogenated alkanes) is 4. The molecule has 0 saturated heterocycles. The zero-order valence-electron chi connectivity index (χ0n) is 9.76. The zero-order valence-corrected chi connectivity index (χ0v) is 9.76. The first-order valence-corrected chi connectivity index (χ1v) is 5.78. The summed E-state index contributed by atoms with van der Waals surface area (Å²) in [6.45, 7) is 4.12. The Kier molecular flexibility index (Phi) is 9.04. The van der Waals surface area contributed by atoms with Gasteiger partial charge in [-0.05, 0) is 31.4 Å². The Morgan fingerprint density at radius 1 is 1.13 bits per heavy atom. The Morgan fingerprint density at radius 3 is 2.33 bits per heavy atom. The van der Waals surface area contributed by atoms with Crippen LogP contribution >= 0.6 is 0 Å². The molecule has 0 amide bonds. The molecule has 86 valence electrons. The van der Waals surface area contributed by atoms with Crippen LogP contribution in [-0.4, -0.2) is 5.78 Å². The number of hydrogen-bond acceptors (Lipinski definition) is 1. The Morgan fingerprint density at radius 2 is 1.73 bits per heavy atom. The minimum absolute atomic E-state index is 0.498. The largest absolute Gasteiger partial charge is 0.287 e. The van der Waals surface area contributed by atoms with Gasteiger partial charge in [0.2, 0.25) is 5.78 Å². The lowest BCUT2D eigenvalue weighted by molar-refractivity contribution is -0.112. The molecule has 0 rings (SSSR count). The van der Waals surface area contributed by atoms with Crippen LogP contribution in [0, 0.1) is 0 Å². The molecule has 0 atom stereocenters. The van der Waals surface area contributed by atoms with Gasteiger partial charge in [0.1, 0.15) is 0 Å². The van der Waals surface area contributed by atoms with E-state index in [0.717, 1.165) is 32.1 Å². The Balaban J connectivity index is 3.87. The van der Waals surface area contributed by atoms with Crippen LogP contribution in [0.4, 0.5) is 4.39 Å². The van der Waals surface area contributed by atoms with Crippen molar-refractivity contribution in [3.8, 4) is 0 Å². The number of carbonyl (C=O) groups is 1. The molecule has 0 aromatic heterocycles. The number of allylic oxidation sites excluding steroid dienone is 4. The number of hydrogen-bond donors (Lipinski definition) is 0. The molecule has 0 aromatic rings. The summed E-state index contributed by atoms with van der Waals surface area (Å²) in [6.07, 6.45) is 10.1. The van der Waals surface area contributed by atoms with Crippen LogP contribution in [0.15, 0.2) is 24.1 Å². The normalized spacial score (nSPS) is 12.3. The number of carbonyl (C=O) groups excluding carboxylic acids is 1. The van der Waals surface area contributed by atoms with Gasteiger partial charge in [0.25, 0.3) is 0 Å². The van der Waals surface area contributed by atoms with E-state index >= 15 is 0 Å². The SMILES string of the molecule is CCCCC=C(F)C(=O)/C=C/CCCC. The fourth-order valence-electron chi connectivity index (χ4n) is 1.13. The van der Waals surface area contributed by atoms with Crippen molar-refractivity contribution in [2.75, 3.05) is 0 Å². The molecular weight excluding hydrogens is 191 g/mol. The first-order chi connectivity index (χ1) is 7.22. The summed E-state index contributed by atoms with van der Waals surface area (Å²) >= 11 is 0. The molecule has 1 nitrogen and oxygen atoms in total. The fraction of sp³-hybridized carbons (Fsp3) is 0.615. The summed E-state index contributed by atoms with van der Waals surface area (Å²) in [5.74, 6) is -1.11. The third kappa shape index (κ3) is 8.10. The van der Waals surface area contributed by atoms with Gasteiger partial charge in [-0.1, -0.05) is 39.2 Å². The van der Waals surface area contributed by atoms with E-state index in [9.17, 15) is 9.18 Å². The molecule has 0 aliphatic heterocycles. The van der Waals surface area contributed by atoms with E-state index in [-0.39, 0.29) is 0 Å². The Hall–Kier alpha value is -0.920. The van der Waals surface area contributed by atoms with Crippen molar-refractivity contribution in [1.82, 2.24) is 0 Å². The first kappa shape index (κ1) is 14.1. The summed E-state index contributed by atoms with van der Waals surface area (Å²) in [6, 6.07) is 0. The molecule has 0 saturated carbocycles. The van der Waals surface area contributed by atoms with Crippen molar-refractivity contribution in [1.29, 1.82) is 0 Å².